The molecule has 1 fully saturated rings. The van der Waals surface area contributed by atoms with Crippen molar-refractivity contribution < 1.29 is 13.5 Å². The highest BCUT2D eigenvalue weighted by Gasteiger charge is 2.17. The Morgan fingerprint density at radius 3 is 2.37 bits per heavy atom. The van der Waals surface area contributed by atoms with Gasteiger partial charge in [-0.3, -0.25) is 4.90 Å². The zero-order valence-corrected chi connectivity index (χ0v) is 10.9. The van der Waals surface area contributed by atoms with Crippen LogP contribution in [0, 0.1) is 5.92 Å². The van der Waals surface area contributed by atoms with Gasteiger partial charge in [0, 0.05) is 6.54 Å². The summed E-state index contributed by atoms with van der Waals surface area (Å²) in [7, 11) is 0. The number of halogens is 2. The number of hydrogen-bond acceptors (Lipinski definition) is 3. The Balaban J connectivity index is 1.83. The normalized spacial score (nSPS) is 17.9. The minimum absolute atomic E-state index is 0.209. The number of alkyl halides is 2. The number of likely N-dealkylation sites (tertiary alicyclic amines) is 1. The van der Waals surface area contributed by atoms with E-state index in [1.165, 1.54) is 0 Å². The quantitative estimate of drug-likeness (QED) is 0.893. The molecule has 5 heteroatoms. The van der Waals surface area contributed by atoms with Crippen molar-refractivity contribution in [2.75, 3.05) is 19.6 Å². The van der Waals surface area contributed by atoms with Gasteiger partial charge in [-0.2, -0.15) is 8.78 Å². The molecule has 19 heavy (non-hydrogen) atoms. The molecule has 1 aromatic carbocycles. The number of nitrogens with zero attached hydrogens (tertiary/aromatic N) is 1. The van der Waals surface area contributed by atoms with Crippen LogP contribution in [0.2, 0.25) is 0 Å². The summed E-state index contributed by atoms with van der Waals surface area (Å²) in [5.41, 5.74) is 6.78. The summed E-state index contributed by atoms with van der Waals surface area (Å²) < 4.78 is 28.4. The molecule has 1 aliphatic rings. The fourth-order valence-electron chi connectivity index (χ4n) is 2.41. The van der Waals surface area contributed by atoms with E-state index in [0.29, 0.717) is 5.92 Å². The first-order valence-electron chi connectivity index (χ1n) is 6.63. The Morgan fingerprint density at radius 2 is 1.84 bits per heavy atom. The van der Waals surface area contributed by atoms with Crippen LogP contribution in [0.3, 0.4) is 0 Å². The van der Waals surface area contributed by atoms with Crippen LogP contribution in [0.1, 0.15) is 18.4 Å². The third kappa shape index (κ3) is 4.44. The lowest BCUT2D eigenvalue weighted by molar-refractivity contribution is -0.0498. The van der Waals surface area contributed by atoms with Crippen LogP contribution in [0.4, 0.5) is 8.78 Å². The molecule has 0 spiro atoms. The molecule has 0 amide bonds. The van der Waals surface area contributed by atoms with Crippen molar-refractivity contribution in [2.45, 2.75) is 26.0 Å². The predicted octanol–water partition coefficient (Wildman–Crippen LogP) is 2.46. The van der Waals surface area contributed by atoms with Gasteiger partial charge in [0.25, 0.3) is 0 Å². The molecule has 2 N–H and O–H groups in total. The van der Waals surface area contributed by atoms with Crippen LogP contribution < -0.4 is 10.5 Å². The Hall–Kier alpha value is -1.20. The van der Waals surface area contributed by atoms with Crippen molar-refractivity contribution in [1.29, 1.82) is 0 Å². The molecule has 0 atom stereocenters. The van der Waals surface area contributed by atoms with E-state index in [2.05, 4.69) is 9.64 Å². The zero-order chi connectivity index (χ0) is 13.7. The van der Waals surface area contributed by atoms with Gasteiger partial charge in [0.2, 0.25) is 0 Å². The SMILES string of the molecule is NCC1CCN(Cc2ccc(OC(F)F)cc2)CC1. The molecule has 1 aliphatic heterocycles. The van der Waals surface area contributed by atoms with E-state index < -0.39 is 6.61 Å². The fourth-order valence-corrected chi connectivity index (χ4v) is 2.41. The lowest BCUT2D eigenvalue weighted by Crippen LogP contribution is -2.35. The second-order valence-electron chi connectivity index (χ2n) is 4.98. The molecule has 0 aromatic heterocycles. The van der Waals surface area contributed by atoms with E-state index in [4.69, 9.17) is 5.73 Å². The molecule has 1 saturated heterocycles. The van der Waals surface area contributed by atoms with Crippen molar-refractivity contribution >= 4 is 0 Å². The Kier molecular flexibility index (Phi) is 5.10. The summed E-state index contributed by atoms with van der Waals surface area (Å²) >= 11 is 0. The van der Waals surface area contributed by atoms with Crippen LogP contribution in [-0.4, -0.2) is 31.1 Å². The summed E-state index contributed by atoms with van der Waals surface area (Å²) in [4.78, 5) is 2.37. The molecule has 2 rings (SSSR count). The molecule has 0 saturated carbocycles. The van der Waals surface area contributed by atoms with Gasteiger partial charge in [0.1, 0.15) is 5.75 Å². The minimum atomic E-state index is -2.76. The lowest BCUT2D eigenvalue weighted by Gasteiger charge is -2.31. The van der Waals surface area contributed by atoms with Crippen molar-refractivity contribution in [2.24, 2.45) is 11.7 Å². The van der Waals surface area contributed by atoms with Gasteiger partial charge >= 0.3 is 6.61 Å². The zero-order valence-electron chi connectivity index (χ0n) is 10.9. The summed E-state index contributed by atoms with van der Waals surface area (Å²) in [5, 5.41) is 0. The summed E-state index contributed by atoms with van der Waals surface area (Å²) in [6.07, 6.45) is 2.28. The Labute approximate surface area is 112 Å². The predicted molar refractivity (Wildman–Crippen MR) is 70.1 cm³/mol. The Bertz CT molecular complexity index is 376. The third-order valence-electron chi connectivity index (χ3n) is 3.60. The summed E-state index contributed by atoms with van der Waals surface area (Å²) in [6, 6.07) is 6.86. The third-order valence-corrected chi connectivity index (χ3v) is 3.60. The second kappa shape index (κ2) is 6.82. The molecule has 106 valence electrons. The van der Waals surface area contributed by atoms with E-state index >= 15 is 0 Å². The number of rotatable bonds is 5. The van der Waals surface area contributed by atoms with E-state index in [-0.39, 0.29) is 5.75 Å². The highest BCUT2D eigenvalue weighted by Crippen LogP contribution is 2.20. The minimum Gasteiger partial charge on any atom is -0.435 e. The van der Waals surface area contributed by atoms with Crippen LogP contribution in [0.5, 0.6) is 5.75 Å². The first kappa shape index (κ1) is 14.2. The van der Waals surface area contributed by atoms with E-state index in [1.807, 2.05) is 12.1 Å². The van der Waals surface area contributed by atoms with Gasteiger partial charge in [-0.15, -0.1) is 0 Å². The Morgan fingerprint density at radius 1 is 1.21 bits per heavy atom. The molecule has 0 bridgehead atoms. The van der Waals surface area contributed by atoms with Gasteiger partial charge in [0.15, 0.2) is 0 Å². The number of piperidine rings is 1. The first-order chi connectivity index (χ1) is 9.17. The first-order valence-corrected chi connectivity index (χ1v) is 6.63. The van der Waals surface area contributed by atoms with Crippen molar-refractivity contribution in [3.63, 3.8) is 0 Å². The topological polar surface area (TPSA) is 38.5 Å². The van der Waals surface area contributed by atoms with Gasteiger partial charge in [-0.05, 0) is 56.1 Å². The van der Waals surface area contributed by atoms with Gasteiger partial charge in [-0.25, -0.2) is 0 Å². The molecular formula is C14H20F2N2O. The fraction of sp³-hybridized carbons (Fsp3) is 0.571. The molecule has 1 aromatic rings. The number of hydrogen-bond donors (Lipinski definition) is 1. The summed E-state index contributed by atoms with van der Waals surface area (Å²) in [6.45, 7) is 0.967. The number of nitrogens with two attached hydrogens (primary N) is 1. The van der Waals surface area contributed by atoms with E-state index in [9.17, 15) is 8.78 Å². The number of benzene rings is 1. The molecule has 1 heterocycles. The maximum Gasteiger partial charge on any atom is 0.387 e. The highest BCUT2D eigenvalue weighted by atomic mass is 19.3. The van der Waals surface area contributed by atoms with Crippen molar-refractivity contribution in [1.82, 2.24) is 4.90 Å². The average molecular weight is 270 g/mol. The van der Waals surface area contributed by atoms with Crippen LogP contribution >= 0.6 is 0 Å². The molecular weight excluding hydrogens is 250 g/mol. The standard InChI is InChI=1S/C14H20F2N2O/c15-14(16)19-13-3-1-12(2-4-13)10-18-7-5-11(9-17)6-8-18/h1-4,11,14H,5-10,17H2. The van der Waals surface area contributed by atoms with Crippen LogP contribution in [0.15, 0.2) is 24.3 Å². The maximum atomic E-state index is 12.0. The van der Waals surface area contributed by atoms with Crippen LogP contribution in [0.25, 0.3) is 0 Å². The molecule has 0 radical (unpaired) electrons. The maximum absolute atomic E-state index is 12.0. The summed E-state index contributed by atoms with van der Waals surface area (Å²) in [5.74, 6) is 0.860. The highest BCUT2D eigenvalue weighted by molar-refractivity contribution is 5.27. The molecule has 3 nitrogen and oxygen atoms in total. The smallest absolute Gasteiger partial charge is 0.387 e. The van der Waals surface area contributed by atoms with Gasteiger partial charge in [0.05, 0.1) is 0 Å². The second-order valence-corrected chi connectivity index (χ2v) is 4.98. The largest absolute Gasteiger partial charge is 0.435 e. The van der Waals surface area contributed by atoms with Gasteiger partial charge in [-0.1, -0.05) is 12.1 Å². The monoisotopic (exact) mass is 270 g/mol. The van der Waals surface area contributed by atoms with Crippen molar-refractivity contribution in [3.05, 3.63) is 29.8 Å². The van der Waals surface area contributed by atoms with Crippen LogP contribution in [-0.2, 0) is 6.54 Å². The van der Waals surface area contributed by atoms with Gasteiger partial charge < -0.3 is 10.5 Å². The molecule has 0 unspecified atom stereocenters. The van der Waals surface area contributed by atoms with Crippen molar-refractivity contribution in [3.8, 4) is 5.75 Å². The lowest BCUT2D eigenvalue weighted by atomic mass is 9.97. The van der Waals surface area contributed by atoms with E-state index in [1.54, 1.807) is 12.1 Å². The number of ether oxygens (including phenoxy) is 1. The van der Waals surface area contributed by atoms with E-state index in [0.717, 1.165) is 44.6 Å². The molecule has 0 aliphatic carbocycles. The average Bonchev–Trinajstić information content (AvgIpc) is 2.41.